The van der Waals surface area contributed by atoms with Crippen LogP contribution >= 0.6 is 0 Å². The van der Waals surface area contributed by atoms with E-state index < -0.39 is 0 Å². The summed E-state index contributed by atoms with van der Waals surface area (Å²) in [4.78, 5) is 13.0. The molecule has 0 aliphatic carbocycles. The Morgan fingerprint density at radius 3 is 2.62 bits per heavy atom. The molecule has 2 aromatic rings. The summed E-state index contributed by atoms with van der Waals surface area (Å²) in [6.07, 6.45) is 4.03. The molecule has 3 heterocycles. The minimum Gasteiger partial charge on any atom is -0.365 e. The molecule has 1 saturated heterocycles. The second-order valence-electron chi connectivity index (χ2n) is 8.09. The van der Waals surface area contributed by atoms with E-state index in [1.165, 1.54) is 0 Å². The van der Waals surface area contributed by atoms with E-state index >= 15 is 0 Å². The van der Waals surface area contributed by atoms with Crippen molar-refractivity contribution in [1.82, 2.24) is 20.2 Å². The normalized spacial score (nSPS) is 17.9. The Morgan fingerprint density at radius 2 is 1.96 bits per heavy atom. The zero-order valence-corrected chi connectivity index (χ0v) is 16.4. The van der Waals surface area contributed by atoms with E-state index in [2.05, 4.69) is 63.3 Å². The van der Waals surface area contributed by atoms with Gasteiger partial charge in [0.2, 0.25) is 5.95 Å². The number of hydrogen-bond donors (Lipinski definition) is 1. The molecule has 1 aliphatic rings. The third-order valence-electron chi connectivity index (χ3n) is 4.56. The first-order chi connectivity index (χ1) is 12.3. The van der Waals surface area contributed by atoms with Crippen LogP contribution in [0, 0.1) is 0 Å². The highest BCUT2D eigenvalue weighted by Crippen LogP contribution is 2.23. The van der Waals surface area contributed by atoms with Crippen molar-refractivity contribution in [2.24, 2.45) is 0 Å². The third-order valence-corrected chi connectivity index (χ3v) is 4.56. The number of nitrogens with zero attached hydrogens (tertiary/aromatic N) is 6. The van der Waals surface area contributed by atoms with Crippen LogP contribution in [0.5, 0.6) is 0 Å². The first-order valence-electron chi connectivity index (χ1n) is 9.19. The van der Waals surface area contributed by atoms with Gasteiger partial charge < -0.3 is 15.1 Å². The van der Waals surface area contributed by atoms with Gasteiger partial charge in [-0.2, -0.15) is 10.1 Å². The topological polar surface area (TPSA) is 70.1 Å². The summed E-state index contributed by atoms with van der Waals surface area (Å²) in [7, 11) is 3.89. The first kappa shape index (κ1) is 18.4. The van der Waals surface area contributed by atoms with Crippen molar-refractivity contribution in [1.29, 1.82) is 0 Å². The van der Waals surface area contributed by atoms with Crippen molar-refractivity contribution < 1.29 is 0 Å². The molecule has 1 fully saturated rings. The molecular weight excluding hydrogens is 326 g/mol. The first-order valence-corrected chi connectivity index (χ1v) is 9.19. The molecular formula is C19H29N7. The van der Waals surface area contributed by atoms with Crippen molar-refractivity contribution in [3.63, 3.8) is 0 Å². The van der Waals surface area contributed by atoms with Gasteiger partial charge >= 0.3 is 0 Å². The van der Waals surface area contributed by atoms with Crippen LogP contribution in [0.4, 0.5) is 17.6 Å². The number of hydrogen-bond acceptors (Lipinski definition) is 7. The van der Waals surface area contributed by atoms with E-state index in [9.17, 15) is 0 Å². The number of anilines is 3. The highest BCUT2D eigenvalue weighted by atomic mass is 15.3. The summed E-state index contributed by atoms with van der Waals surface area (Å²) in [5.74, 6) is 2.53. The number of piperidine rings is 1. The fraction of sp³-hybridized carbons (Fsp3) is 0.579. The fourth-order valence-electron chi connectivity index (χ4n) is 3.05. The summed E-state index contributed by atoms with van der Waals surface area (Å²) in [5.41, 5.74) is 1.04. The Balaban J connectivity index is 1.67. The zero-order valence-electron chi connectivity index (χ0n) is 16.4. The lowest BCUT2D eigenvalue weighted by Gasteiger charge is -2.34. The Kier molecular flexibility index (Phi) is 5.25. The van der Waals surface area contributed by atoms with Gasteiger partial charge in [0.1, 0.15) is 5.82 Å². The summed E-state index contributed by atoms with van der Waals surface area (Å²) in [6, 6.07) is 6.43. The molecule has 1 aliphatic heterocycles. The van der Waals surface area contributed by atoms with Crippen LogP contribution < -0.4 is 15.1 Å². The molecule has 1 unspecified atom stereocenters. The molecule has 0 radical (unpaired) electrons. The molecule has 0 bridgehead atoms. The Bertz CT molecular complexity index is 721. The molecule has 26 heavy (non-hydrogen) atoms. The van der Waals surface area contributed by atoms with Gasteiger partial charge in [0.15, 0.2) is 5.82 Å². The molecule has 1 N–H and O–H groups in total. The standard InChI is InChI=1S/C19H29N7/c1-19(2,3)15-8-9-17(24-23-15)26-12-6-7-14(13-26)21-16-10-11-20-18(22-16)25(4)5/h8-11,14H,6-7,12-13H2,1-5H3,(H,20,21,22). The second kappa shape index (κ2) is 7.43. The number of aromatic nitrogens is 4. The van der Waals surface area contributed by atoms with Gasteiger partial charge in [0.25, 0.3) is 0 Å². The minimum atomic E-state index is 0.0225. The molecule has 2 aromatic heterocycles. The monoisotopic (exact) mass is 355 g/mol. The zero-order chi connectivity index (χ0) is 18.7. The third kappa shape index (κ3) is 4.39. The largest absolute Gasteiger partial charge is 0.365 e. The van der Waals surface area contributed by atoms with Gasteiger partial charge in [-0.1, -0.05) is 20.8 Å². The van der Waals surface area contributed by atoms with Crippen molar-refractivity contribution in [3.05, 3.63) is 30.1 Å². The molecule has 0 aromatic carbocycles. The van der Waals surface area contributed by atoms with Crippen LogP contribution in [-0.4, -0.2) is 53.4 Å². The molecule has 7 nitrogen and oxygen atoms in total. The van der Waals surface area contributed by atoms with Crippen LogP contribution in [0.25, 0.3) is 0 Å². The maximum absolute atomic E-state index is 4.56. The minimum absolute atomic E-state index is 0.0225. The van der Waals surface area contributed by atoms with E-state index in [4.69, 9.17) is 0 Å². The van der Waals surface area contributed by atoms with Gasteiger partial charge in [-0.3, -0.25) is 0 Å². The Hall–Kier alpha value is -2.44. The molecule has 140 valence electrons. The van der Waals surface area contributed by atoms with Gasteiger partial charge in [-0.15, -0.1) is 5.10 Å². The quantitative estimate of drug-likeness (QED) is 0.904. The predicted octanol–water partition coefficient (Wildman–Crippen LogP) is 2.71. The van der Waals surface area contributed by atoms with Crippen LogP contribution in [0.15, 0.2) is 24.4 Å². The van der Waals surface area contributed by atoms with Crippen LogP contribution in [-0.2, 0) is 5.41 Å². The Labute approximate surface area is 155 Å². The lowest BCUT2D eigenvalue weighted by Crippen LogP contribution is -2.42. The van der Waals surface area contributed by atoms with Crippen LogP contribution in [0.3, 0.4) is 0 Å². The highest BCUT2D eigenvalue weighted by Gasteiger charge is 2.23. The molecule has 0 saturated carbocycles. The second-order valence-corrected chi connectivity index (χ2v) is 8.09. The van der Waals surface area contributed by atoms with Gasteiger partial charge in [-0.05, 0) is 31.0 Å². The SMILES string of the molecule is CN(C)c1nccc(NC2CCCN(c3ccc(C(C)(C)C)nn3)C2)n1. The summed E-state index contributed by atoms with van der Waals surface area (Å²) in [5, 5.41) is 12.4. The van der Waals surface area contributed by atoms with E-state index in [-0.39, 0.29) is 5.41 Å². The maximum Gasteiger partial charge on any atom is 0.226 e. The molecule has 0 spiro atoms. The fourth-order valence-corrected chi connectivity index (χ4v) is 3.05. The number of nitrogens with one attached hydrogen (secondary N) is 1. The molecule has 7 heteroatoms. The summed E-state index contributed by atoms with van der Waals surface area (Å²) >= 11 is 0. The molecule has 0 amide bonds. The average molecular weight is 355 g/mol. The van der Waals surface area contributed by atoms with Crippen molar-refractivity contribution in [3.8, 4) is 0 Å². The maximum atomic E-state index is 4.56. The molecule has 3 rings (SSSR count). The van der Waals surface area contributed by atoms with E-state index in [0.29, 0.717) is 12.0 Å². The van der Waals surface area contributed by atoms with Gasteiger partial charge in [0.05, 0.1) is 5.69 Å². The number of rotatable bonds is 4. The van der Waals surface area contributed by atoms with Crippen LogP contribution in [0.2, 0.25) is 0 Å². The van der Waals surface area contributed by atoms with Gasteiger partial charge in [0, 0.05) is 44.8 Å². The van der Waals surface area contributed by atoms with E-state index in [0.717, 1.165) is 43.3 Å². The summed E-state index contributed by atoms with van der Waals surface area (Å²) < 4.78 is 0. The smallest absolute Gasteiger partial charge is 0.226 e. The molecule has 1 atom stereocenters. The summed E-state index contributed by atoms with van der Waals surface area (Å²) in [6.45, 7) is 8.36. The van der Waals surface area contributed by atoms with E-state index in [1.807, 2.05) is 25.1 Å². The van der Waals surface area contributed by atoms with Gasteiger partial charge in [-0.25, -0.2) is 4.98 Å². The Morgan fingerprint density at radius 1 is 1.15 bits per heavy atom. The van der Waals surface area contributed by atoms with Crippen molar-refractivity contribution >= 4 is 17.6 Å². The van der Waals surface area contributed by atoms with Crippen molar-refractivity contribution in [2.75, 3.05) is 42.3 Å². The predicted molar refractivity (Wildman–Crippen MR) is 106 cm³/mol. The lowest BCUT2D eigenvalue weighted by atomic mass is 9.92. The van der Waals surface area contributed by atoms with Crippen molar-refractivity contribution in [2.45, 2.75) is 45.1 Å². The lowest BCUT2D eigenvalue weighted by molar-refractivity contribution is 0.519. The average Bonchev–Trinajstić information content (AvgIpc) is 2.61. The highest BCUT2D eigenvalue weighted by molar-refractivity contribution is 5.44. The van der Waals surface area contributed by atoms with E-state index in [1.54, 1.807) is 6.20 Å². The van der Waals surface area contributed by atoms with Crippen LogP contribution in [0.1, 0.15) is 39.3 Å².